The van der Waals surface area contributed by atoms with E-state index in [1.165, 1.54) is 98.7 Å². The van der Waals surface area contributed by atoms with E-state index in [1.54, 1.807) is 0 Å². The average Bonchev–Trinajstić information content (AvgIpc) is 3.16. The van der Waals surface area contributed by atoms with Crippen LogP contribution >= 0.6 is 0 Å². The molecule has 0 aliphatic heterocycles. The van der Waals surface area contributed by atoms with Gasteiger partial charge in [-0.3, -0.25) is 0 Å². The topological polar surface area (TPSA) is 0 Å². The van der Waals surface area contributed by atoms with Crippen molar-refractivity contribution in [3.05, 3.63) is 181 Å². The van der Waals surface area contributed by atoms with Crippen molar-refractivity contribution in [2.75, 3.05) is 0 Å². The Bertz CT molecular complexity index is 2770. The normalized spacial score (nSPS) is 13.3. The number of benzene rings is 9. The van der Waals surface area contributed by atoms with Gasteiger partial charge in [0.2, 0.25) is 0 Å². The summed E-state index contributed by atoms with van der Waals surface area (Å²) in [5, 5.41) is 10.4. The molecule has 0 amide bonds. The second kappa shape index (κ2) is 10.5. The molecule has 1 aliphatic rings. The molecule has 0 bridgehead atoms. The van der Waals surface area contributed by atoms with E-state index in [1.807, 2.05) is 0 Å². The predicted molar refractivity (Wildman–Crippen MR) is 210 cm³/mol. The van der Waals surface area contributed by atoms with Crippen LogP contribution in [0.2, 0.25) is 0 Å². The van der Waals surface area contributed by atoms with Gasteiger partial charge in [-0.25, -0.2) is 0 Å². The third-order valence-electron chi connectivity index (χ3n) is 11.1. The highest BCUT2D eigenvalue weighted by Gasteiger charge is 2.34. The summed E-state index contributed by atoms with van der Waals surface area (Å²) in [6, 6.07) is 63.1. The third kappa shape index (κ3) is 3.98. The maximum Gasteiger partial charge on any atom is 0.0159 e. The molecule has 9 aromatic rings. The van der Waals surface area contributed by atoms with E-state index in [4.69, 9.17) is 0 Å². The molecule has 49 heavy (non-hydrogen) atoms. The van der Waals surface area contributed by atoms with Crippen LogP contribution in [0.3, 0.4) is 0 Å². The smallest absolute Gasteiger partial charge is 0.0159 e. The monoisotopic (exact) mass is 622 g/mol. The Balaban J connectivity index is 1.42. The van der Waals surface area contributed by atoms with Gasteiger partial charge in [0, 0.05) is 5.41 Å². The fraction of sp³-hybridized carbons (Fsp3) is 0.0612. The van der Waals surface area contributed by atoms with Gasteiger partial charge in [-0.05, 0) is 98.7 Å². The van der Waals surface area contributed by atoms with Crippen molar-refractivity contribution >= 4 is 43.1 Å². The molecule has 0 N–H and O–H groups in total. The molecular formula is C49H34. The van der Waals surface area contributed by atoms with Crippen molar-refractivity contribution in [2.24, 2.45) is 0 Å². The molecule has 9 aromatic carbocycles. The lowest BCUT2D eigenvalue weighted by atomic mass is 9.68. The summed E-state index contributed by atoms with van der Waals surface area (Å²) in [4.78, 5) is 0. The molecule has 1 aliphatic carbocycles. The Kier molecular flexibility index (Phi) is 6.02. The average molecular weight is 623 g/mol. The molecule has 0 heterocycles. The first-order valence-corrected chi connectivity index (χ1v) is 17.3. The standard InChI is InChI=1S/C49H34/c1-49(2)43-25-12-11-19-35(43)40-28-29-41(38-24-14-26-44(49)46(38)40)47-39-21-10-9-20-37(39)45(32-17-7-4-8-18-32)42-30-27-34-33(31-15-5-3-6-16-31)22-13-23-36(34)48(42)47/h3-30H,1-2H3. The van der Waals surface area contributed by atoms with E-state index >= 15 is 0 Å². The minimum atomic E-state index is -0.111. The highest BCUT2D eigenvalue weighted by molar-refractivity contribution is 6.30. The molecule has 0 aromatic heterocycles. The molecular weight excluding hydrogens is 589 g/mol. The van der Waals surface area contributed by atoms with E-state index in [0.717, 1.165) is 0 Å². The Morgan fingerprint density at radius 3 is 1.63 bits per heavy atom. The van der Waals surface area contributed by atoms with Crippen molar-refractivity contribution in [2.45, 2.75) is 19.3 Å². The largest absolute Gasteiger partial charge is 0.0622 e. The maximum atomic E-state index is 2.40. The molecule has 230 valence electrons. The lowest BCUT2D eigenvalue weighted by Gasteiger charge is -2.35. The van der Waals surface area contributed by atoms with Gasteiger partial charge < -0.3 is 0 Å². The second-order valence-electron chi connectivity index (χ2n) is 14.0. The van der Waals surface area contributed by atoms with E-state index in [0.29, 0.717) is 0 Å². The molecule has 0 heteroatoms. The zero-order valence-corrected chi connectivity index (χ0v) is 27.7. The summed E-state index contributed by atoms with van der Waals surface area (Å²) >= 11 is 0. The summed E-state index contributed by atoms with van der Waals surface area (Å²) in [5.41, 5.74) is 13.0. The summed E-state index contributed by atoms with van der Waals surface area (Å²) < 4.78 is 0. The van der Waals surface area contributed by atoms with Crippen LogP contribution in [0.4, 0.5) is 0 Å². The number of fused-ring (bicyclic) bond motifs is 6. The highest BCUT2D eigenvalue weighted by Crippen LogP contribution is 2.53. The summed E-state index contributed by atoms with van der Waals surface area (Å²) in [5.74, 6) is 0. The molecule has 0 atom stereocenters. The molecule has 0 radical (unpaired) electrons. The zero-order valence-electron chi connectivity index (χ0n) is 27.7. The Hall–Kier alpha value is -5.98. The van der Waals surface area contributed by atoms with Gasteiger partial charge in [0.15, 0.2) is 0 Å². The third-order valence-corrected chi connectivity index (χ3v) is 11.1. The van der Waals surface area contributed by atoms with Crippen LogP contribution in [0.5, 0.6) is 0 Å². The molecule has 0 spiro atoms. The van der Waals surface area contributed by atoms with Crippen LogP contribution < -0.4 is 0 Å². The lowest BCUT2D eigenvalue weighted by molar-refractivity contribution is 0.645. The van der Waals surface area contributed by atoms with Crippen LogP contribution in [0, 0.1) is 0 Å². The van der Waals surface area contributed by atoms with Crippen molar-refractivity contribution < 1.29 is 0 Å². The predicted octanol–water partition coefficient (Wildman–Crippen LogP) is 13.6. The zero-order chi connectivity index (χ0) is 32.7. The summed E-state index contributed by atoms with van der Waals surface area (Å²) in [7, 11) is 0. The van der Waals surface area contributed by atoms with Crippen LogP contribution in [0.25, 0.3) is 87.6 Å². The molecule has 0 unspecified atom stereocenters. The fourth-order valence-electron chi connectivity index (χ4n) is 8.88. The van der Waals surface area contributed by atoms with Crippen molar-refractivity contribution in [1.82, 2.24) is 0 Å². The van der Waals surface area contributed by atoms with Gasteiger partial charge in [-0.15, -0.1) is 0 Å². The lowest BCUT2D eigenvalue weighted by Crippen LogP contribution is -2.23. The van der Waals surface area contributed by atoms with Crippen molar-refractivity contribution in [3.8, 4) is 44.5 Å². The Labute approximate surface area is 286 Å². The van der Waals surface area contributed by atoms with Crippen molar-refractivity contribution in [3.63, 3.8) is 0 Å². The molecule has 0 saturated heterocycles. The summed E-state index contributed by atoms with van der Waals surface area (Å²) in [6.45, 7) is 4.77. The van der Waals surface area contributed by atoms with Gasteiger partial charge >= 0.3 is 0 Å². The van der Waals surface area contributed by atoms with E-state index in [2.05, 4.69) is 184 Å². The van der Waals surface area contributed by atoms with Crippen LogP contribution in [-0.2, 0) is 5.41 Å². The first-order chi connectivity index (χ1) is 24.1. The minimum Gasteiger partial charge on any atom is -0.0622 e. The second-order valence-corrected chi connectivity index (χ2v) is 14.0. The first-order valence-electron chi connectivity index (χ1n) is 17.3. The highest BCUT2D eigenvalue weighted by atomic mass is 14.4. The van der Waals surface area contributed by atoms with Gasteiger partial charge in [0.1, 0.15) is 0 Å². The van der Waals surface area contributed by atoms with Gasteiger partial charge in [-0.1, -0.05) is 184 Å². The van der Waals surface area contributed by atoms with Crippen molar-refractivity contribution in [1.29, 1.82) is 0 Å². The number of hydrogen-bond acceptors (Lipinski definition) is 0. The van der Waals surface area contributed by atoms with Gasteiger partial charge in [0.25, 0.3) is 0 Å². The van der Waals surface area contributed by atoms with E-state index < -0.39 is 0 Å². The maximum absolute atomic E-state index is 2.40. The molecule has 0 fully saturated rings. The summed E-state index contributed by atoms with van der Waals surface area (Å²) in [6.07, 6.45) is 0. The number of rotatable bonds is 3. The van der Waals surface area contributed by atoms with Crippen LogP contribution in [0.15, 0.2) is 170 Å². The first kappa shape index (κ1) is 28.1. The van der Waals surface area contributed by atoms with Crippen LogP contribution in [-0.4, -0.2) is 0 Å². The van der Waals surface area contributed by atoms with Gasteiger partial charge in [0.05, 0.1) is 0 Å². The molecule has 10 rings (SSSR count). The number of hydrogen-bond donors (Lipinski definition) is 0. The van der Waals surface area contributed by atoms with E-state index in [-0.39, 0.29) is 5.41 Å². The van der Waals surface area contributed by atoms with Crippen LogP contribution in [0.1, 0.15) is 25.0 Å². The quantitative estimate of drug-likeness (QED) is 0.136. The fourth-order valence-corrected chi connectivity index (χ4v) is 8.88. The Morgan fingerprint density at radius 2 is 0.837 bits per heavy atom. The Morgan fingerprint density at radius 1 is 0.286 bits per heavy atom. The SMILES string of the molecule is CC1(C)c2ccccc2-c2ccc(-c3c4ccccc4c(-c4ccccc4)c4ccc5c(-c6ccccc6)cccc5c34)c3cccc1c23. The molecule has 0 nitrogen and oxygen atoms in total. The van der Waals surface area contributed by atoms with Gasteiger partial charge in [-0.2, -0.15) is 0 Å². The molecule has 0 saturated carbocycles. The minimum absolute atomic E-state index is 0.111. The van der Waals surface area contributed by atoms with E-state index in [9.17, 15) is 0 Å².